The van der Waals surface area contributed by atoms with Gasteiger partial charge in [-0.25, -0.2) is 9.36 Å². The van der Waals surface area contributed by atoms with Crippen molar-refractivity contribution in [2.75, 3.05) is 6.61 Å². The molecule has 0 amide bonds. The van der Waals surface area contributed by atoms with Crippen molar-refractivity contribution in [3.8, 4) is 0 Å². The molecule has 3 atom stereocenters. The minimum absolute atomic E-state index is 0.108. The van der Waals surface area contributed by atoms with E-state index in [4.69, 9.17) is 9.84 Å². The van der Waals surface area contributed by atoms with Crippen molar-refractivity contribution in [3.05, 3.63) is 32.6 Å². The van der Waals surface area contributed by atoms with E-state index in [-0.39, 0.29) is 13.0 Å². The lowest BCUT2D eigenvalue weighted by Crippen LogP contribution is -2.38. The van der Waals surface area contributed by atoms with Gasteiger partial charge >= 0.3 is 5.69 Å². The highest BCUT2D eigenvalue weighted by atomic mass is 16.5. The first kappa shape index (κ1) is 12.0. The molecule has 94 valence electrons. The van der Waals surface area contributed by atoms with Crippen molar-refractivity contribution >= 4 is 0 Å². The summed E-state index contributed by atoms with van der Waals surface area (Å²) in [4.78, 5) is 25.8. The number of aliphatic hydroxyl groups is 2. The molecule has 3 N–H and O–H groups in total. The number of aromatic nitrogens is 2. The lowest BCUT2D eigenvalue weighted by molar-refractivity contribution is -0.0469. The van der Waals surface area contributed by atoms with Crippen LogP contribution in [-0.4, -0.2) is 38.6 Å². The first-order valence-electron chi connectivity index (χ1n) is 5.29. The van der Waals surface area contributed by atoms with Crippen LogP contribution < -0.4 is 11.2 Å². The molecule has 1 aromatic rings. The van der Waals surface area contributed by atoms with Crippen LogP contribution in [0.2, 0.25) is 0 Å². The Morgan fingerprint density at radius 2 is 2.29 bits per heavy atom. The summed E-state index contributed by atoms with van der Waals surface area (Å²) in [6.07, 6.45) is -2.36. The van der Waals surface area contributed by atoms with Gasteiger partial charge in [0, 0.05) is 18.2 Å². The topological polar surface area (TPSA) is 105 Å². The smallest absolute Gasteiger partial charge is 0.330 e. The van der Waals surface area contributed by atoms with Crippen LogP contribution in [-0.2, 0) is 4.74 Å². The molecule has 0 aliphatic carbocycles. The molecule has 17 heavy (non-hydrogen) atoms. The van der Waals surface area contributed by atoms with Gasteiger partial charge in [0.1, 0.15) is 12.3 Å². The van der Waals surface area contributed by atoms with Gasteiger partial charge in [-0.2, -0.15) is 0 Å². The summed E-state index contributed by atoms with van der Waals surface area (Å²) in [5.41, 5.74) is -0.596. The summed E-state index contributed by atoms with van der Waals surface area (Å²) in [6, 6.07) is 1.28. The van der Waals surface area contributed by atoms with Crippen molar-refractivity contribution in [2.45, 2.75) is 31.8 Å². The third-order valence-corrected chi connectivity index (χ3v) is 2.77. The largest absolute Gasteiger partial charge is 0.394 e. The third-order valence-electron chi connectivity index (χ3n) is 2.77. The molecule has 2 heterocycles. The van der Waals surface area contributed by atoms with Gasteiger partial charge in [-0.15, -0.1) is 0 Å². The number of hydrogen-bond donors (Lipinski definition) is 3. The highest BCUT2D eigenvalue weighted by Crippen LogP contribution is 2.26. The second kappa shape index (κ2) is 4.44. The van der Waals surface area contributed by atoms with Gasteiger partial charge in [-0.1, -0.05) is 0 Å². The molecule has 0 radical (unpaired) electrons. The molecule has 2 rings (SSSR count). The molecular weight excluding hydrogens is 228 g/mol. The van der Waals surface area contributed by atoms with E-state index < -0.39 is 29.7 Å². The molecule has 7 heteroatoms. The number of aromatic amines is 1. The summed E-state index contributed by atoms with van der Waals surface area (Å²) >= 11 is 0. The molecule has 0 saturated carbocycles. The quantitative estimate of drug-likeness (QED) is 0.584. The second-order valence-corrected chi connectivity index (χ2v) is 4.08. The van der Waals surface area contributed by atoms with E-state index in [1.54, 1.807) is 6.92 Å². The number of aryl methyl sites for hydroxylation is 1. The van der Waals surface area contributed by atoms with Crippen LogP contribution in [0, 0.1) is 6.92 Å². The molecular formula is C10H14N2O5. The fourth-order valence-electron chi connectivity index (χ4n) is 1.93. The zero-order chi connectivity index (χ0) is 12.6. The van der Waals surface area contributed by atoms with Crippen LogP contribution in [0.15, 0.2) is 15.7 Å². The fourth-order valence-corrected chi connectivity index (χ4v) is 1.93. The Morgan fingerprint density at radius 1 is 1.59 bits per heavy atom. The van der Waals surface area contributed by atoms with E-state index in [1.165, 1.54) is 6.07 Å². The molecule has 0 spiro atoms. The Bertz CT molecular complexity index is 489. The van der Waals surface area contributed by atoms with Crippen LogP contribution in [0.5, 0.6) is 0 Å². The summed E-state index contributed by atoms with van der Waals surface area (Å²) in [5.74, 6) is 0. The maximum absolute atomic E-state index is 11.7. The average molecular weight is 242 g/mol. The third kappa shape index (κ3) is 2.17. The fraction of sp³-hybridized carbons (Fsp3) is 0.600. The Balaban J connectivity index is 2.37. The van der Waals surface area contributed by atoms with Crippen molar-refractivity contribution in [3.63, 3.8) is 0 Å². The van der Waals surface area contributed by atoms with Crippen LogP contribution in [0.1, 0.15) is 18.3 Å². The highest BCUT2D eigenvalue weighted by molar-refractivity contribution is 4.98. The number of H-pyrrole nitrogens is 1. The van der Waals surface area contributed by atoms with Gasteiger partial charge in [-0.05, 0) is 6.92 Å². The Labute approximate surface area is 96.3 Å². The van der Waals surface area contributed by atoms with Crippen LogP contribution in [0.3, 0.4) is 0 Å². The molecule has 0 bridgehead atoms. The van der Waals surface area contributed by atoms with Gasteiger partial charge in [-0.3, -0.25) is 4.79 Å². The molecule has 1 aliphatic rings. The lowest BCUT2D eigenvalue weighted by Gasteiger charge is -2.13. The van der Waals surface area contributed by atoms with E-state index in [0.29, 0.717) is 5.69 Å². The predicted octanol–water partition coefficient (Wildman–Crippen LogP) is -1.51. The molecule has 1 aromatic heterocycles. The molecule has 0 aromatic carbocycles. The molecule has 1 saturated heterocycles. The normalized spacial score (nSPS) is 28.5. The predicted molar refractivity (Wildman–Crippen MR) is 57.7 cm³/mol. The number of nitrogens with zero attached hydrogens (tertiary/aromatic N) is 1. The number of aliphatic hydroxyl groups excluding tert-OH is 2. The molecule has 1 aliphatic heterocycles. The number of ether oxygens (including phenoxy) is 1. The maximum Gasteiger partial charge on any atom is 0.330 e. The van der Waals surface area contributed by atoms with E-state index in [0.717, 1.165) is 4.57 Å². The van der Waals surface area contributed by atoms with E-state index in [1.807, 2.05) is 0 Å². The lowest BCUT2D eigenvalue weighted by atomic mass is 10.2. The Kier molecular flexibility index (Phi) is 3.14. The summed E-state index contributed by atoms with van der Waals surface area (Å²) in [6.45, 7) is 1.25. The number of hydrogen-bond acceptors (Lipinski definition) is 5. The van der Waals surface area contributed by atoms with Gasteiger partial charge in [0.25, 0.3) is 5.56 Å². The van der Waals surface area contributed by atoms with Crippen molar-refractivity contribution in [1.82, 2.24) is 9.55 Å². The van der Waals surface area contributed by atoms with E-state index >= 15 is 0 Å². The molecule has 7 nitrogen and oxygen atoms in total. The first-order valence-corrected chi connectivity index (χ1v) is 5.29. The second-order valence-electron chi connectivity index (χ2n) is 4.08. The minimum atomic E-state index is -0.877. The summed E-state index contributed by atoms with van der Waals surface area (Å²) < 4.78 is 6.16. The van der Waals surface area contributed by atoms with Crippen LogP contribution in [0.25, 0.3) is 0 Å². The molecule has 1 unspecified atom stereocenters. The maximum atomic E-state index is 11.7. The SMILES string of the molecule is Cc1cc(=O)n([C@H]2CC(O)[C@@H](CO)O2)c(=O)[nH]1. The summed E-state index contributed by atoms with van der Waals surface area (Å²) in [5, 5.41) is 18.5. The summed E-state index contributed by atoms with van der Waals surface area (Å²) in [7, 11) is 0. The zero-order valence-electron chi connectivity index (χ0n) is 9.29. The monoisotopic (exact) mass is 242 g/mol. The van der Waals surface area contributed by atoms with E-state index in [2.05, 4.69) is 4.98 Å². The molecule has 1 fully saturated rings. The standard InChI is InChI=1S/C10H14N2O5/c1-5-2-8(15)12(10(16)11-5)9-3-6(14)7(4-13)17-9/h2,6-7,9,13-14H,3-4H2,1H3,(H,11,16)/t6?,7-,9-/m1/s1. The van der Waals surface area contributed by atoms with Crippen LogP contribution in [0.4, 0.5) is 0 Å². The highest BCUT2D eigenvalue weighted by Gasteiger charge is 2.35. The number of nitrogens with one attached hydrogen (secondary N) is 1. The first-order chi connectivity index (χ1) is 8.02. The Hall–Kier alpha value is -1.44. The van der Waals surface area contributed by atoms with Gasteiger partial charge in [0.2, 0.25) is 0 Å². The van der Waals surface area contributed by atoms with Crippen molar-refractivity contribution in [1.29, 1.82) is 0 Å². The van der Waals surface area contributed by atoms with Gasteiger partial charge < -0.3 is 19.9 Å². The van der Waals surface area contributed by atoms with Gasteiger partial charge in [0.05, 0.1) is 12.7 Å². The number of rotatable bonds is 2. The minimum Gasteiger partial charge on any atom is -0.394 e. The van der Waals surface area contributed by atoms with Crippen LogP contribution >= 0.6 is 0 Å². The average Bonchev–Trinajstić information content (AvgIpc) is 2.57. The van der Waals surface area contributed by atoms with Crippen molar-refractivity contribution in [2.24, 2.45) is 0 Å². The zero-order valence-corrected chi connectivity index (χ0v) is 9.29. The van der Waals surface area contributed by atoms with Crippen molar-refractivity contribution < 1.29 is 14.9 Å². The Morgan fingerprint density at radius 3 is 2.82 bits per heavy atom. The van der Waals surface area contributed by atoms with E-state index in [9.17, 15) is 14.7 Å². The van der Waals surface area contributed by atoms with Gasteiger partial charge in [0.15, 0.2) is 0 Å².